The van der Waals surface area contributed by atoms with Gasteiger partial charge in [-0.15, -0.1) is 0 Å². The number of rotatable bonds is 12. The first kappa shape index (κ1) is 23.9. The molecule has 14 heteroatoms. The van der Waals surface area contributed by atoms with E-state index in [-0.39, 0.29) is 25.1 Å². The fourth-order valence-electron chi connectivity index (χ4n) is 2.47. The summed E-state index contributed by atoms with van der Waals surface area (Å²) in [5.41, 5.74) is -0.828. The molecule has 14 nitrogen and oxygen atoms in total. The standard InChI is InChI=1S/C17H21N3O11/c21-8(7-30-13(27)4-3-12(25)26)14(28)15-16(31-15)20-6-5-9(19-17(20)29)18-10(22)1-2-11(23)24/h5-6,8,14-16,21,28H,1-4,7H2,(H,23,24)(H,25,26)(H,18,19,22,29). The number of carbonyl (C=O) groups excluding carboxylic acids is 2. The molecule has 0 radical (unpaired) electrons. The van der Waals surface area contributed by atoms with Gasteiger partial charge in [0, 0.05) is 12.6 Å². The second kappa shape index (κ2) is 10.6. The van der Waals surface area contributed by atoms with Gasteiger partial charge in [0.05, 0.1) is 19.3 Å². The molecule has 1 fully saturated rings. The molecule has 0 spiro atoms. The van der Waals surface area contributed by atoms with Crippen molar-refractivity contribution in [1.29, 1.82) is 0 Å². The summed E-state index contributed by atoms with van der Waals surface area (Å²) in [5.74, 6) is -3.92. The zero-order valence-electron chi connectivity index (χ0n) is 16.0. The predicted molar refractivity (Wildman–Crippen MR) is 97.7 cm³/mol. The summed E-state index contributed by atoms with van der Waals surface area (Å²) in [6.07, 6.45) is -5.27. The molecule has 1 amide bonds. The minimum absolute atomic E-state index is 0.0947. The Hall–Kier alpha value is -3.36. The molecule has 1 aromatic heterocycles. The van der Waals surface area contributed by atoms with E-state index in [0.717, 1.165) is 4.57 Å². The number of ether oxygens (including phenoxy) is 2. The Kier molecular flexibility index (Phi) is 8.18. The molecule has 4 unspecified atom stereocenters. The van der Waals surface area contributed by atoms with Crippen LogP contribution in [0.25, 0.3) is 0 Å². The molecule has 0 bridgehead atoms. The third kappa shape index (κ3) is 7.44. The highest BCUT2D eigenvalue weighted by molar-refractivity contribution is 5.91. The van der Waals surface area contributed by atoms with Gasteiger partial charge in [-0.1, -0.05) is 0 Å². The van der Waals surface area contributed by atoms with Crippen LogP contribution in [0.5, 0.6) is 0 Å². The lowest BCUT2D eigenvalue weighted by Gasteiger charge is -2.16. The maximum atomic E-state index is 12.1. The number of carboxylic acids is 2. The van der Waals surface area contributed by atoms with Crippen molar-refractivity contribution in [2.75, 3.05) is 11.9 Å². The van der Waals surface area contributed by atoms with Crippen molar-refractivity contribution in [3.8, 4) is 0 Å². The van der Waals surface area contributed by atoms with Gasteiger partial charge in [0.1, 0.15) is 30.7 Å². The summed E-state index contributed by atoms with van der Waals surface area (Å²) in [7, 11) is 0. The van der Waals surface area contributed by atoms with Crippen molar-refractivity contribution in [1.82, 2.24) is 9.55 Å². The number of hydrogen-bond acceptors (Lipinski definition) is 10. The average Bonchev–Trinajstić information content (AvgIpc) is 3.48. The number of aliphatic hydroxyl groups excluding tert-OH is 2. The Morgan fingerprint density at radius 2 is 1.77 bits per heavy atom. The Morgan fingerprint density at radius 3 is 2.39 bits per heavy atom. The molecule has 0 aromatic carbocycles. The molecule has 2 rings (SSSR count). The van der Waals surface area contributed by atoms with E-state index in [0.29, 0.717) is 0 Å². The second-order valence-electron chi connectivity index (χ2n) is 6.57. The van der Waals surface area contributed by atoms with Gasteiger partial charge in [0.2, 0.25) is 5.91 Å². The summed E-state index contributed by atoms with van der Waals surface area (Å²) in [6.45, 7) is -0.597. The zero-order chi connectivity index (χ0) is 23.1. The fourth-order valence-corrected chi connectivity index (χ4v) is 2.47. The Balaban J connectivity index is 1.85. The Bertz CT molecular complexity index is 900. The number of anilines is 1. The third-order valence-corrected chi connectivity index (χ3v) is 4.13. The van der Waals surface area contributed by atoms with Crippen LogP contribution in [-0.2, 0) is 28.7 Å². The number of hydrogen-bond donors (Lipinski definition) is 5. The molecule has 4 atom stereocenters. The number of epoxide rings is 1. The number of esters is 1. The number of carbonyl (C=O) groups is 4. The molecular weight excluding hydrogens is 422 g/mol. The lowest BCUT2D eigenvalue weighted by molar-refractivity contribution is -0.152. The van der Waals surface area contributed by atoms with Crippen LogP contribution in [0, 0.1) is 0 Å². The van der Waals surface area contributed by atoms with Gasteiger partial charge in [0.25, 0.3) is 0 Å². The first-order valence-corrected chi connectivity index (χ1v) is 9.08. The van der Waals surface area contributed by atoms with E-state index in [1.165, 1.54) is 12.3 Å². The van der Waals surface area contributed by atoms with Crippen LogP contribution in [0.15, 0.2) is 17.1 Å². The van der Waals surface area contributed by atoms with Crippen molar-refractivity contribution in [2.45, 2.75) is 50.2 Å². The highest BCUT2D eigenvalue weighted by Crippen LogP contribution is 2.36. The van der Waals surface area contributed by atoms with E-state index in [4.69, 9.17) is 14.9 Å². The number of carboxylic acid groups (broad SMARTS) is 2. The molecule has 5 N–H and O–H groups in total. The number of aliphatic carboxylic acids is 2. The van der Waals surface area contributed by atoms with E-state index >= 15 is 0 Å². The third-order valence-electron chi connectivity index (χ3n) is 4.13. The smallest absolute Gasteiger partial charge is 0.351 e. The molecule has 0 aliphatic carbocycles. The summed E-state index contributed by atoms with van der Waals surface area (Å²) in [6, 6.07) is 1.27. The van der Waals surface area contributed by atoms with E-state index in [2.05, 4.69) is 15.0 Å². The van der Waals surface area contributed by atoms with Crippen LogP contribution in [0.1, 0.15) is 31.9 Å². The van der Waals surface area contributed by atoms with Crippen LogP contribution in [0.2, 0.25) is 0 Å². The number of nitrogens with one attached hydrogen (secondary N) is 1. The number of aliphatic hydroxyl groups is 2. The van der Waals surface area contributed by atoms with Crippen LogP contribution < -0.4 is 11.0 Å². The quantitative estimate of drug-likeness (QED) is 0.176. The molecule has 31 heavy (non-hydrogen) atoms. The summed E-state index contributed by atoms with van der Waals surface area (Å²) < 4.78 is 10.9. The predicted octanol–water partition coefficient (Wildman–Crippen LogP) is -1.93. The minimum atomic E-state index is -1.54. The molecule has 0 saturated carbocycles. The SMILES string of the molecule is O=C(O)CCC(=O)Nc1ccn(C2OC2C(O)C(O)COC(=O)CCC(=O)O)c(=O)n1. The number of nitrogens with zero attached hydrogens (tertiary/aromatic N) is 2. The monoisotopic (exact) mass is 443 g/mol. The van der Waals surface area contributed by atoms with Crippen LogP contribution in [0.3, 0.4) is 0 Å². The van der Waals surface area contributed by atoms with Gasteiger partial charge in [-0.3, -0.25) is 23.7 Å². The molecule has 1 aliphatic rings. The zero-order valence-corrected chi connectivity index (χ0v) is 16.0. The molecular formula is C17H21N3O11. The average molecular weight is 443 g/mol. The molecule has 1 aromatic rings. The highest BCUT2D eigenvalue weighted by Gasteiger charge is 2.49. The maximum Gasteiger partial charge on any atom is 0.351 e. The molecule has 170 valence electrons. The molecule has 1 aliphatic heterocycles. The lowest BCUT2D eigenvalue weighted by atomic mass is 10.1. The Labute approximate surface area is 174 Å². The van der Waals surface area contributed by atoms with E-state index in [1.807, 2.05) is 0 Å². The molecule has 2 heterocycles. The summed E-state index contributed by atoms with van der Waals surface area (Å²) in [4.78, 5) is 59.5. The largest absolute Gasteiger partial charge is 0.481 e. The number of aromatic nitrogens is 2. The van der Waals surface area contributed by atoms with Crippen LogP contribution in [-0.4, -0.2) is 78.7 Å². The van der Waals surface area contributed by atoms with Gasteiger partial charge in [0.15, 0.2) is 6.23 Å². The highest BCUT2D eigenvalue weighted by atomic mass is 16.6. The van der Waals surface area contributed by atoms with Crippen molar-refractivity contribution >= 4 is 29.6 Å². The fraction of sp³-hybridized carbons (Fsp3) is 0.529. The first-order chi connectivity index (χ1) is 14.6. The van der Waals surface area contributed by atoms with Crippen LogP contribution >= 0.6 is 0 Å². The summed E-state index contributed by atoms with van der Waals surface area (Å²) in [5, 5.41) is 39.3. The van der Waals surface area contributed by atoms with Gasteiger partial charge in [-0.05, 0) is 6.07 Å². The Morgan fingerprint density at radius 1 is 1.13 bits per heavy atom. The van der Waals surface area contributed by atoms with E-state index in [9.17, 15) is 34.2 Å². The second-order valence-corrected chi connectivity index (χ2v) is 6.57. The van der Waals surface area contributed by atoms with Crippen molar-refractivity contribution < 1.29 is 49.1 Å². The van der Waals surface area contributed by atoms with Crippen molar-refractivity contribution in [2.24, 2.45) is 0 Å². The normalized spacial score (nSPS) is 19.2. The van der Waals surface area contributed by atoms with E-state index < -0.39 is 67.1 Å². The van der Waals surface area contributed by atoms with Crippen molar-refractivity contribution in [3.05, 3.63) is 22.7 Å². The van der Waals surface area contributed by atoms with Crippen molar-refractivity contribution in [3.63, 3.8) is 0 Å². The lowest BCUT2D eigenvalue weighted by Crippen LogP contribution is -2.37. The van der Waals surface area contributed by atoms with Gasteiger partial charge in [-0.25, -0.2) is 4.79 Å². The topological polar surface area (TPSA) is 218 Å². The van der Waals surface area contributed by atoms with Crippen LogP contribution in [0.4, 0.5) is 5.82 Å². The minimum Gasteiger partial charge on any atom is -0.481 e. The van der Waals surface area contributed by atoms with Gasteiger partial charge in [-0.2, -0.15) is 4.98 Å². The van der Waals surface area contributed by atoms with E-state index in [1.54, 1.807) is 0 Å². The molecule has 1 saturated heterocycles. The maximum absolute atomic E-state index is 12.1. The summed E-state index contributed by atoms with van der Waals surface area (Å²) >= 11 is 0. The van der Waals surface area contributed by atoms with Gasteiger partial charge < -0.3 is 35.2 Å². The number of amides is 1. The van der Waals surface area contributed by atoms with Gasteiger partial charge >= 0.3 is 23.6 Å². The first-order valence-electron chi connectivity index (χ1n) is 9.08.